The molecule has 1 aliphatic heterocycles. The summed E-state index contributed by atoms with van der Waals surface area (Å²) in [6.07, 6.45) is 1.76. The van der Waals surface area contributed by atoms with Crippen molar-refractivity contribution in [3.8, 4) is 0 Å². The van der Waals surface area contributed by atoms with Crippen LogP contribution in [0.2, 0.25) is 0 Å². The zero-order valence-corrected chi connectivity index (χ0v) is 8.81. The number of pyridine rings is 1. The minimum atomic E-state index is 0.161. The van der Waals surface area contributed by atoms with Gasteiger partial charge in [0.15, 0.2) is 5.78 Å². The molecule has 0 spiro atoms. The van der Waals surface area contributed by atoms with E-state index in [1.54, 1.807) is 6.20 Å². The number of benzene rings is 1. The normalized spacial score (nSPS) is 16.0. The van der Waals surface area contributed by atoms with Gasteiger partial charge in [0.1, 0.15) is 0 Å². The van der Waals surface area contributed by atoms with Crippen LogP contribution in [0.25, 0.3) is 10.9 Å². The van der Waals surface area contributed by atoms with E-state index in [0.29, 0.717) is 0 Å². The molecule has 1 aliphatic rings. The van der Waals surface area contributed by atoms with E-state index in [0.717, 1.165) is 29.6 Å². The third-order valence-electron chi connectivity index (χ3n) is 3.04. The van der Waals surface area contributed by atoms with Gasteiger partial charge in [-0.25, -0.2) is 0 Å². The number of ketones is 1. The number of aromatic nitrogens is 1. The Balaban J connectivity index is 2.01. The van der Waals surface area contributed by atoms with Gasteiger partial charge in [0.25, 0.3) is 0 Å². The molecule has 0 radical (unpaired) electrons. The lowest BCUT2D eigenvalue weighted by molar-refractivity contribution is 0.0878. The lowest BCUT2D eigenvalue weighted by atomic mass is 9.92. The fourth-order valence-corrected chi connectivity index (χ4v) is 1.94. The highest BCUT2D eigenvalue weighted by Crippen LogP contribution is 2.17. The second-order valence-corrected chi connectivity index (χ2v) is 4.13. The van der Waals surface area contributed by atoms with Gasteiger partial charge in [0.05, 0.1) is 5.52 Å². The molecule has 2 heterocycles. The molecule has 3 rings (SSSR count). The quantitative estimate of drug-likeness (QED) is 0.769. The first-order valence-electron chi connectivity index (χ1n) is 5.44. The fraction of sp³-hybridized carbons (Fsp3) is 0.231. The molecular weight excluding hydrogens is 200 g/mol. The van der Waals surface area contributed by atoms with Crippen molar-refractivity contribution < 1.29 is 4.79 Å². The summed E-state index contributed by atoms with van der Waals surface area (Å²) in [4.78, 5) is 16.2. The average Bonchev–Trinajstić information content (AvgIpc) is 2.26. The topological polar surface area (TPSA) is 42.0 Å². The highest BCUT2D eigenvalue weighted by Gasteiger charge is 2.25. The van der Waals surface area contributed by atoms with Crippen molar-refractivity contribution in [3.63, 3.8) is 0 Å². The zero-order valence-electron chi connectivity index (χ0n) is 8.81. The van der Waals surface area contributed by atoms with Crippen LogP contribution >= 0.6 is 0 Å². The molecule has 0 unspecified atom stereocenters. The van der Waals surface area contributed by atoms with Crippen LogP contribution in [-0.4, -0.2) is 23.9 Å². The van der Waals surface area contributed by atoms with Crippen molar-refractivity contribution in [1.82, 2.24) is 10.3 Å². The molecule has 1 saturated heterocycles. The lowest BCUT2D eigenvalue weighted by Crippen LogP contribution is -2.46. The first kappa shape index (κ1) is 9.48. The molecule has 16 heavy (non-hydrogen) atoms. The van der Waals surface area contributed by atoms with E-state index in [-0.39, 0.29) is 11.7 Å². The monoisotopic (exact) mass is 212 g/mol. The van der Waals surface area contributed by atoms with Crippen molar-refractivity contribution in [2.24, 2.45) is 5.92 Å². The van der Waals surface area contributed by atoms with Gasteiger partial charge in [-0.2, -0.15) is 0 Å². The van der Waals surface area contributed by atoms with E-state index in [1.807, 2.05) is 30.3 Å². The molecule has 1 aromatic carbocycles. The van der Waals surface area contributed by atoms with Gasteiger partial charge in [-0.15, -0.1) is 0 Å². The number of Topliss-reactive ketones (excluding diaryl/α,β-unsaturated/α-hetero) is 1. The number of rotatable bonds is 2. The molecule has 1 fully saturated rings. The fourth-order valence-electron chi connectivity index (χ4n) is 1.94. The molecule has 80 valence electrons. The Morgan fingerprint density at radius 3 is 2.94 bits per heavy atom. The Hall–Kier alpha value is -1.74. The van der Waals surface area contributed by atoms with Gasteiger partial charge in [-0.1, -0.05) is 6.07 Å². The molecule has 0 saturated carbocycles. The Morgan fingerprint density at radius 2 is 2.19 bits per heavy atom. The number of fused-ring (bicyclic) bond motifs is 1. The maximum Gasteiger partial charge on any atom is 0.168 e. The van der Waals surface area contributed by atoms with Crippen molar-refractivity contribution >= 4 is 16.7 Å². The summed E-state index contributed by atoms with van der Waals surface area (Å²) in [5.74, 6) is 0.402. The Morgan fingerprint density at radius 1 is 1.31 bits per heavy atom. The van der Waals surface area contributed by atoms with E-state index in [9.17, 15) is 4.79 Å². The van der Waals surface area contributed by atoms with Crippen LogP contribution in [0.4, 0.5) is 0 Å². The summed E-state index contributed by atoms with van der Waals surface area (Å²) in [7, 11) is 0. The number of carbonyl (C=O) groups excluding carboxylic acids is 1. The summed E-state index contributed by atoms with van der Waals surface area (Å²) in [5.41, 5.74) is 1.73. The lowest BCUT2D eigenvalue weighted by Gasteiger charge is -2.25. The summed E-state index contributed by atoms with van der Waals surface area (Å²) >= 11 is 0. The molecule has 3 nitrogen and oxygen atoms in total. The van der Waals surface area contributed by atoms with Crippen molar-refractivity contribution in [1.29, 1.82) is 0 Å². The van der Waals surface area contributed by atoms with Crippen LogP contribution in [0.3, 0.4) is 0 Å². The minimum absolute atomic E-state index is 0.161. The van der Waals surface area contributed by atoms with Crippen LogP contribution in [0.1, 0.15) is 10.4 Å². The van der Waals surface area contributed by atoms with Crippen LogP contribution in [0.15, 0.2) is 36.5 Å². The van der Waals surface area contributed by atoms with Crippen LogP contribution in [0.5, 0.6) is 0 Å². The van der Waals surface area contributed by atoms with E-state index < -0.39 is 0 Å². The molecule has 1 N–H and O–H groups in total. The molecule has 3 heteroatoms. The molecule has 0 aliphatic carbocycles. The van der Waals surface area contributed by atoms with Gasteiger partial charge in [-0.05, 0) is 24.3 Å². The molecule has 1 aromatic heterocycles. The first-order valence-corrected chi connectivity index (χ1v) is 5.44. The highest BCUT2D eigenvalue weighted by molar-refractivity contribution is 6.01. The number of carbonyl (C=O) groups is 1. The van der Waals surface area contributed by atoms with Gasteiger partial charge < -0.3 is 5.32 Å². The Kier molecular flexibility index (Phi) is 2.18. The van der Waals surface area contributed by atoms with Crippen molar-refractivity contribution in [2.75, 3.05) is 13.1 Å². The SMILES string of the molecule is O=C(c1ccc2ncccc2c1)C1CNC1. The number of hydrogen-bond donors (Lipinski definition) is 1. The minimum Gasteiger partial charge on any atom is -0.315 e. The molecule has 0 amide bonds. The first-order chi connectivity index (χ1) is 7.84. The van der Waals surface area contributed by atoms with Gasteiger partial charge in [0, 0.05) is 36.2 Å². The molecular formula is C13H12N2O. The standard InChI is InChI=1S/C13H12N2O/c16-13(11-7-14-8-11)10-3-4-12-9(6-10)2-1-5-15-12/h1-6,11,14H,7-8H2. The third-order valence-corrected chi connectivity index (χ3v) is 3.04. The smallest absolute Gasteiger partial charge is 0.168 e. The van der Waals surface area contributed by atoms with Crippen LogP contribution < -0.4 is 5.32 Å². The van der Waals surface area contributed by atoms with Gasteiger partial charge in [-0.3, -0.25) is 9.78 Å². The summed E-state index contributed by atoms with van der Waals surface area (Å²) < 4.78 is 0. The largest absolute Gasteiger partial charge is 0.315 e. The number of hydrogen-bond acceptors (Lipinski definition) is 3. The van der Waals surface area contributed by atoms with E-state index >= 15 is 0 Å². The maximum atomic E-state index is 12.0. The molecule has 0 bridgehead atoms. The van der Waals surface area contributed by atoms with Crippen molar-refractivity contribution in [2.45, 2.75) is 0 Å². The zero-order chi connectivity index (χ0) is 11.0. The van der Waals surface area contributed by atoms with E-state index in [4.69, 9.17) is 0 Å². The van der Waals surface area contributed by atoms with Crippen LogP contribution in [-0.2, 0) is 0 Å². The number of nitrogens with one attached hydrogen (secondary N) is 1. The predicted octanol–water partition coefficient (Wildman–Crippen LogP) is 1.64. The summed E-state index contributed by atoms with van der Waals surface area (Å²) in [5, 5.41) is 4.14. The molecule has 2 aromatic rings. The second-order valence-electron chi connectivity index (χ2n) is 4.13. The van der Waals surface area contributed by atoms with E-state index in [1.165, 1.54) is 0 Å². The van der Waals surface area contributed by atoms with Gasteiger partial charge >= 0.3 is 0 Å². The predicted molar refractivity (Wildman–Crippen MR) is 62.4 cm³/mol. The van der Waals surface area contributed by atoms with Crippen LogP contribution in [0, 0.1) is 5.92 Å². The van der Waals surface area contributed by atoms with E-state index in [2.05, 4.69) is 10.3 Å². The maximum absolute atomic E-state index is 12.0. The Bertz CT molecular complexity index is 546. The third kappa shape index (κ3) is 1.49. The Labute approximate surface area is 93.5 Å². The van der Waals surface area contributed by atoms with Crippen molar-refractivity contribution in [3.05, 3.63) is 42.1 Å². The summed E-state index contributed by atoms with van der Waals surface area (Å²) in [6.45, 7) is 1.62. The highest BCUT2D eigenvalue weighted by atomic mass is 16.1. The summed E-state index contributed by atoms with van der Waals surface area (Å²) in [6, 6.07) is 9.59. The second kappa shape index (κ2) is 3.68. The average molecular weight is 212 g/mol. The van der Waals surface area contributed by atoms with Gasteiger partial charge in [0.2, 0.25) is 0 Å². The molecule has 0 atom stereocenters. The number of nitrogens with zero attached hydrogens (tertiary/aromatic N) is 1.